The molecule has 1 unspecified atom stereocenters. The highest BCUT2D eigenvalue weighted by atomic mass is 31.2. The Hall–Kier alpha value is -0.810. The zero-order chi connectivity index (χ0) is 26.3. The Morgan fingerprint density at radius 2 is 1.58 bits per heavy atom. The number of nitrogens with zero attached hydrogens (tertiary/aromatic N) is 2. The quantitative estimate of drug-likeness (QED) is 0.467. The van der Waals surface area contributed by atoms with Crippen LogP contribution in [-0.2, 0) is 17.4 Å². The molecule has 7 heteroatoms. The van der Waals surface area contributed by atoms with Gasteiger partial charge in [-0.15, -0.1) is 5.10 Å². The Bertz CT molecular complexity index is 1040. The third-order valence-electron chi connectivity index (χ3n) is 10.3. The van der Waals surface area contributed by atoms with Gasteiger partial charge in [0.15, 0.2) is 5.44 Å². The van der Waals surface area contributed by atoms with Crippen molar-refractivity contribution in [1.29, 1.82) is 0 Å². The molecule has 6 nitrogen and oxygen atoms in total. The minimum absolute atomic E-state index is 0.111. The second-order valence-electron chi connectivity index (χ2n) is 15.2. The summed E-state index contributed by atoms with van der Waals surface area (Å²) in [5, 5.41) is 26.7. The molecule has 4 aliphatic carbocycles. The van der Waals surface area contributed by atoms with Crippen molar-refractivity contribution >= 4 is 12.9 Å². The van der Waals surface area contributed by atoms with Crippen LogP contribution in [0.25, 0.3) is 0 Å². The maximum absolute atomic E-state index is 14.6. The summed E-state index contributed by atoms with van der Waals surface area (Å²) in [6.07, 6.45) is 10.8. The van der Waals surface area contributed by atoms with Crippen molar-refractivity contribution < 1.29 is 9.67 Å². The maximum atomic E-state index is 14.6. The van der Waals surface area contributed by atoms with E-state index in [4.69, 9.17) is 0 Å². The van der Waals surface area contributed by atoms with Gasteiger partial charge in [-0.25, -0.2) is 10.2 Å². The number of aliphatic hydroxyl groups is 1. The molecule has 0 saturated heterocycles. The molecule has 1 heterocycles. The molecule has 3 fully saturated rings. The first-order valence-electron chi connectivity index (χ1n) is 14.3. The Balaban J connectivity index is 1.51. The molecule has 0 radical (unpaired) electrons. The van der Waals surface area contributed by atoms with Crippen LogP contribution in [-0.4, -0.2) is 32.5 Å². The zero-order valence-electron chi connectivity index (χ0n) is 23.8. The second-order valence-corrected chi connectivity index (χ2v) is 17.3. The van der Waals surface area contributed by atoms with Crippen molar-refractivity contribution in [2.75, 3.05) is 0 Å². The van der Waals surface area contributed by atoms with Gasteiger partial charge in [-0.3, -0.25) is 4.57 Å². The van der Waals surface area contributed by atoms with Gasteiger partial charge < -0.3 is 5.11 Å². The molecule has 3 N–H and O–H groups in total. The summed E-state index contributed by atoms with van der Waals surface area (Å²) in [6.45, 7) is 17.2. The van der Waals surface area contributed by atoms with E-state index >= 15 is 0 Å². The summed E-state index contributed by atoms with van der Waals surface area (Å²) in [5.74, 6) is 2.64. The minimum atomic E-state index is -3.21. The van der Waals surface area contributed by atoms with Crippen molar-refractivity contribution in [2.24, 2.45) is 34.5 Å². The minimum Gasteiger partial charge on any atom is -0.393 e. The monoisotopic (exact) mass is 516 g/mol. The predicted octanol–water partition coefficient (Wildman–Crippen LogP) is 5.39. The van der Waals surface area contributed by atoms with E-state index < -0.39 is 7.44 Å². The van der Waals surface area contributed by atoms with E-state index in [0.717, 1.165) is 25.7 Å². The average Bonchev–Trinajstić information content (AvgIpc) is 3.03. The fraction of sp³-hybridized carbons (Fsp3) is 0.862. The summed E-state index contributed by atoms with van der Waals surface area (Å²) in [4.78, 5) is 0. The molecule has 7 atom stereocenters. The topological polar surface area (TPSA) is 87.1 Å². The zero-order valence-corrected chi connectivity index (χ0v) is 24.7. The fourth-order valence-corrected chi connectivity index (χ4v) is 11.9. The molecule has 5 rings (SSSR count). The maximum Gasteiger partial charge on any atom is 0.261 e. The molecule has 0 aliphatic heterocycles. The van der Waals surface area contributed by atoms with Crippen molar-refractivity contribution in [3.8, 4) is 0 Å². The van der Waals surface area contributed by atoms with E-state index in [2.05, 4.69) is 75.8 Å². The lowest BCUT2D eigenvalue weighted by atomic mass is 9.45. The van der Waals surface area contributed by atoms with Gasteiger partial charge in [-0.2, -0.15) is 5.10 Å². The van der Waals surface area contributed by atoms with E-state index in [9.17, 15) is 9.67 Å². The van der Waals surface area contributed by atoms with Crippen LogP contribution in [0.4, 0.5) is 0 Å². The number of fused-ring (bicyclic) bond motifs is 6. The molecule has 1 aromatic rings. The van der Waals surface area contributed by atoms with Gasteiger partial charge in [0.2, 0.25) is 0 Å². The van der Waals surface area contributed by atoms with Crippen molar-refractivity contribution in [3.63, 3.8) is 0 Å². The van der Waals surface area contributed by atoms with Crippen molar-refractivity contribution in [1.82, 2.24) is 20.4 Å². The smallest absolute Gasteiger partial charge is 0.261 e. The average molecular weight is 517 g/mol. The van der Waals surface area contributed by atoms with Crippen LogP contribution in [0.2, 0.25) is 0 Å². The Kier molecular flexibility index (Phi) is 6.40. The fourth-order valence-electron chi connectivity index (χ4n) is 8.92. The van der Waals surface area contributed by atoms with Gasteiger partial charge in [0.1, 0.15) is 0 Å². The first-order valence-corrected chi connectivity index (χ1v) is 16.0. The van der Waals surface area contributed by atoms with Crippen LogP contribution in [0.15, 0.2) is 6.20 Å². The number of hydrogen-bond donors (Lipinski definition) is 3. The SMILES string of the molecule is CC(C)(C)NP(=O)(NC(C)(C)C)c1nncc2c1CC1CC[C@H]3[C@@H]4CC[C@H](O)[C@@]4(C)CC[C@@H]3[C@@]1(C)C2. The van der Waals surface area contributed by atoms with E-state index in [1.54, 1.807) is 0 Å². The van der Waals surface area contributed by atoms with Crippen LogP contribution in [0, 0.1) is 34.5 Å². The standard InChI is InChI=1S/C29H49N4O2P/c1-26(2,3)32-36(35,33-27(4,5)6)25-21-15-19-9-10-20-22-11-12-24(34)28(22,7)14-13-23(20)29(19,8)16-18(21)17-30-31-25/h17,19-20,22-24,34H,9-16H2,1-8H3,(H2,32,33,35)/t19?,20-,22-,23-,24-,28-,29-/m0/s1. The molecule has 0 spiro atoms. The van der Waals surface area contributed by atoms with Crippen LogP contribution in [0.3, 0.4) is 0 Å². The molecule has 3 saturated carbocycles. The summed E-state index contributed by atoms with van der Waals surface area (Å²) in [7, 11) is -3.21. The summed E-state index contributed by atoms with van der Waals surface area (Å²) in [5.41, 5.74) is 2.72. The van der Waals surface area contributed by atoms with E-state index in [-0.39, 0.29) is 28.0 Å². The lowest BCUT2D eigenvalue weighted by Crippen LogP contribution is -2.55. The van der Waals surface area contributed by atoms with Crippen LogP contribution in [0.5, 0.6) is 0 Å². The number of rotatable bonds is 3. The first-order chi connectivity index (χ1) is 16.6. The van der Waals surface area contributed by atoms with Crippen LogP contribution in [0.1, 0.15) is 105 Å². The predicted molar refractivity (Wildman–Crippen MR) is 146 cm³/mol. The third kappa shape index (κ3) is 4.42. The Morgan fingerprint density at radius 3 is 2.22 bits per heavy atom. The third-order valence-corrected chi connectivity index (χ3v) is 13.3. The van der Waals surface area contributed by atoms with Gasteiger partial charge in [-0.05, 0) is 139 Å². The Morgan fingerprint density at radius 1 is 0.944 bits per heavy atom. The van der Waals surface area contributed by atoms with Crippen molar-refractivity contribution in [2.45, 2.75) is 124 Å². The van der Waals surface area contributed by atoms with Gasteiger partial charge in [0.05, 0.1) is 12.3 Å². The molecule has 0 bridgehead atoms. The molecule has 0 amide bonds. The van der Waals surface area contributed by atoms with Crippen LogP contribution >= 0.6 is 7.44 Å². The molecule has 0 aromatic carbocycles. The second kappa shape index (κ2) is 8.60. The van der Waals surface area contributed by atoms with E-state index in [0.29, 0.717) is 29.1 Å². The highest BCUT2D eigenvalue weighted by Gasteiger charge is 2.60. The van der Waals surface area contributed by atoms with E-state index in [1.165, 1.54) is 36.8 Å². The molecule has 4 aliphatic rings. The van der Waals surface area contributed by atoms with Crippen molar-refractivity contribution in [3.05, 3.63) is 17.3 Å². The largest absolute Gasteiger partial charge is 0.393 e. The summed E-state index contributed by atoms with van der Waals surface area (Å²) < 4.78 is 14.6. The number of nitrogens with one attached hydrogen (secondary N) is 2. The molecular weight excluding hydrogens is 467 g/mol. The lowest BCUT2D eigenvalue weighted by Gasteiger charge is -2.60. The molecule has 1 aromatic heterocycles. The number of hydrogen-bond acceptors (Lipinski definition) is 4. The number of aliphatic hydroxyl groups excluding tert-OH is 1. The molecule has 36 heavy (non-hydrogen) atoms. The first kappa shape index (κ1) is 26.8. The molecule has 202 valence electrons. The lowest BCUT2D eigenvalue weighted by molar-refractivity contribution is -0.111. The van der Waals surface area contributed by atoms with E-state index in [1.807, 2.05) is 6.20 Å². The normalized spacial score (nSPS) is 38.6. The Labute approximate surface area is 218 Å². The van der Waals surface area contributed by atoms with Gasteiger partial charge >= 0.3 is 0 Å². The highest BCUT2D eigenvalue weighted by Crippen LogP contribution is 2.65. The van der Waals surface area contributed by atoms with Crippen LogP contribution < -0.4 is 15.6 Å². The van der Waals surface area contributed by atoms with Gasteiger partial charge in [-0.1, -0.05) is 13.8 Å². The summed E-state index contributed by atoms with van der Waals surface area (Å²) in [6, 6.07) is 0. The summed E-state index contributed by atoms with van der Waals surface area (Å²) >= 11 is 0. The molecular formula is C29H49N4O2P. The number of aromatic nitrogens is 2. The van der Waals surface area contributed by atoms with Gasteiger partial charge in [0, 0.05) is 11.1 Å². The highest BCUT2D eigenvalue weighted by molar-refractivity contribution is 7.67. The van der Waals surface area contributed by atoms with Gasteiger partial charge in [0.25, 0.3) is 7.44 Å².